The number of para-hydroxylation sites is 1. The summed E-state index contributed by atoms with van der Waals surface area (Å²) in [4.78, 5) is 4.16. The first-order valence-corrected chi connectivity index (χ1v) is 6.90. The number of hydrogen-bond acceptors (Lipinski definition) is 3. The number of aliphatic imine (C=N–C) groups is 1. The van der Waals surface area contributed by atoms with Gasteiger partial charge >= 0.3 is 0 Å². The summed E-state index contributed by atoms with van der Waals surface area (Å²) in [6.07, 6.45) is 0.911. The van der Waals surface area contributed by atoms with Gasteiger partial charge in [-0.05, 0) is 25.5 Å². The SMILES string of the molecule is CN=C(NCCCOc1ccccc1)NC(C)COC. The number of nitrogens with one attached hydrogen (secondary N) is 2. The van der Waals surface area contributed by atoms with E-state index in [-0.39, 0.29) is 6.04 Å². The molecule has 1 aromatic rings. The summed E-state index contributed by atoms with van der Waals surface area (Å²) in [6, 6.07) is 10.1. The molecule has 112 valence electrons. The van der Waals surface area contributed by atoms with Gasteiger partial charge in [0.15, 0.2) is 5.96 Å². The van der Waals surface area contributed by atoms with Gasteiger partial charge in [0.25, 0.3) is 0 Å². The fraction of sp³-hybridized carbons (Fsp3) is 0.533. The maximum absolute atomic E-state index is 5.62. The molecular formula is C15H25N3O2. The fourth-order valence-electron chi connectivity index (χ4n) is 1.71. The van der Waals surface area contributed by atoms with Crippen molar-refractivity contribution in [1.82, 2.24) is 10.6 Å². The van der Waals surface area contributed by atoms with Crippen LogP contribution in [-0.4, -0.2) is 45.9 Å². The predicted molar refractivity (Wildman–Crippen MR) is 82.4 cm³/mol. The molecule has 0 spiro atoms. The maximum atomic E-state index is 5.62. The molecule has 0 heterocycles. The van der Waals surface area contributed by atoms with Gasteiger partial charge in [-0.2, -0.15) is 0 Å². The van der Waals surface area contributed by atoms with Gasteiger partial charge < -0.3 is 20.1 Å². The lowest BCUT2D eigenvalue weighted by atomic mass is 10.3. The third-order valence-electron chi connectivity index (χ3n) is 2.65. The zero-order chi connectivity index (χ0) is 14.6. The van der Waals surface area contributed by atoms with Gasteiger partial charge in [-0.1, -0.05) is 18.2 Å². The van der Waals surface area contributed by atoms with Crippen LogP contribution in [0.4, 0.5) is 0 Å². The Kier molecular flexibility index (Phi) is 8.22. The number of hydrogen-bond donors (Lipinski definition) is 2. The van der Waals surface area contributed by atoms with Crippen molar-refractivity contribution in [2.24, 2.45) is 4.99 Å². The Labute approximate surface area is 121 Å². The molecule has 0 fully saturated rings. The van der Waals surface area contributed by atoms with E-state index in [4.69, 9.17) is 9.47 Å². The Balaban J connectivity index is 2.13. The second kappa shape index (κ2) is 10.1. The maximum Gasteiger partial charge on any atom is 0.191 e. The van der Waals surface area contributed by atoms with E-state index >= 15 is 0 Å². The van der Waals surface area contributed by atoms with E-state index in [1.165, 1.54) is 0 Å². The molecule has 1 unspecified atom stereocenters. The molecular weight excluding hydrogens is 254 g/mol. The molecule has 2 N–H and O–H groups in total. The topological polar surface area (TPSA) is 54.9 Å². The van der Waals surface area contributed by atoms with Crippen LogP contribution >= 0.6 is 0 Å². The van der Waals surface area contributed by atoms with Gasteiger partial charge in [0.2, 0.25) is 0 Å². The first-order valence-electron chi connectivity index (χ1n) is 6.90. The Hall–Kier alpha value is -1.75. The summed E-state index contributed by atoms with van der Waals surface area (Å²) >= 11 is 0. The second-order valence-corrected chi connectivity index (χ2v) is 4.51. The highest BCUT2D eigenvalue weighted by Gasteiger charge is 2.03. The summed E-state index contributed by atoms with van der Waals surface area (Å²) in [7, 11) is 3.45. The van der Waals surface area contributed by atoms with Gasteiger partial charge in [0, 0.05) is 26.7 Å². The van der Waals surface area contributed by atoms with Gasteiger partial charge in [0.1, 0.15) is 5.75 Å². The lowest BCUT2D eigenvalue weighted by molar-refractivity contribution is 0.179. The molecule has 0 radical (unpaired) electrons. The molecule has 0 bridgehead atoms. The summed E-state index contributed by atoms with van der Waals surface area (Å²) in [5, 5.41) is 6.50. The van der Waals surface area contributed by atoms with Gasteiger partial charge in [-0.3, -0.25) is 4.99 Å². The zero-order valence-corrected chi connectivity index (χ0v) is 12.6. The average Bonchev–Trinajstić information content (AvgIpc) is 2.47. The number of guanidine groups is 1. The Morgan fingerprint density at radius 1 is 1.30 bits per heavy atom. The molecule has 0 aliphatic rings. The minimum Gasteiger partial charge on any atom is -0.494 e. The van der Waals surface area contributed by atoms with Gasteiger partial charge in [-0.25, -0.2) is 0 Å². The first-order chi connectivity index (χ1) is 9.76. The van der Waals surface area contributed by atoms with Crippen molar-refractivity contribution in [1.29, 1.82) is 0 Å². The Morgan fingerprint density at radius 2 is 2.05 bits per heavy atom. The van der Waals surface area contributed by atoms with Crippen molar-refractivity contribution in [2.45, 2.75) is 19.4 Å². The third-order valence-corrected chi connectivity index (χ3v) is 2.65. The largest absolute Gasteiger partial charge is 0.494 e. The molecule has 0 aliphatic carbocycles. The molecule has 0 aliphatic heterocycles. The molecule has 0 aromatic heterocycles. The highest BCUT2D eigenvalue weighted by Crippen LogP contribution is 2.07. The van der Waals surface area contributed by atoms with Crippen molar-refractivity contribution in [3.8, 4) is 5.75 Å². The summed E-state index contributed by atoms with van der Waals surface area (Å²) in [6.45, 7) is 4.19. The van der Waals surface area contributed by atoms with Crippen molar-refractivity contribution in [3.05, 3.63) is 30.3 Å². The first kappa shape index (κ1) is 16.3. The minimum absolute atomic E-state index is 0.228. The minimum atomic E-state index is 0.228. The van der Waals surface area contributed by atoms with Crippen LogP contribution in [-0.2, 0) is 4.74 Å². The number of rotatable bonds is 8. The van der Waals surface area contributed by atoms with E-state index in [0.717, 1.165) is 24.7 Å². The smallest absolute Gasteiger partial charge is 0.191 e. The van der Waals surface area contributed by atoms with Crippen LogP contribution in [0.5, 0.6) is 5.75 Å². The van der Waals surface area contributed by atoms with E-state index < -0.39 is 0 Å². The molecule has 0 saturated heterocycles. The lowest BCUT2D eigenvalue weighted by Crippen LogP contribution is -2.44. The van der Waals surface area contributed by atoms with Crippen molar-refractivity contribution in [2.75, 3.05) is 33.9 Å². The summed E-state index contributed by atoms with van der Waals surface area (Å²) < 4.78 is 10.7. The molecule has 1 rings (SSSR count). The van der Waals surface area contributed by atoms with Crippen LogP contribution in [0, 0.1) is 0 Å². The number of methoxy groups -OCH3 is 1. The normalized spacial score (nSPS) is 12.8. The number of ether oxygens (including phenoxy) is 2. The van der Waals surface area contributed by atoms with E-state index in [1.54, 1.807) is 14.2 Å². The van der Waals surface area contributed by atoms with E-state index in [1.807, 2.05) is 30.3 Å². The van der Waals surface area contributed by atoms with Crippen molar-refractivity contribution < 1.29 is 9.47 Å². The highest BCUT2D eigenvalue weighted by molar-refractivity contribution is 5.79. The zero-order valence-electron chi connectivity index (χ0n) is 12.6. The molecule has 5 heteroatoms. The van der Waals surface area contributed by atoms with Crippen molar-refractivity contribution >= 4 is 5.96 Å². The highest BCUT2D eigenvalue weighted by atomic mass is 16.5. The monoisotopic (exact) mass is 279 g/mol. The van der Waals surface area contributed by atoms with Crippen LogP contribution in [0.1, 0.15) is 13.3 Å². The van der Waals surface area contributed by atoms with E-state index in [0.29, 0.717) is 13.2 Å². The summed E-state index contributed by atoms with van der Waals surface area (Å²) in [5.41, 5.74) is 0. The second-order valence-electron chi connectivity index (χ2n) is 4.51. The molecule has 1 aromatic carbocycles. The molecule has 1 atom stereocenters. The number of benzene rings is 1. The van der Waals surface area contributed by atoms with Crippen LogP contribution < -0.4 is 15.4 Å². The average molecular weight is 279 g/mol. The van der Waals surface area contributed by atoms with Crippen molar-refractivity contribution in [3.63, 3.8) is 0 Å². The van der Waals surface area contributed by atoms with Crippen LogP contribution in [0.15, 0.2) is 35.3 Å². The third kappa shape index (κ3) is 6.99. The fourth-order valence-corrected chi connectivity index (χ4v) is 1.71. The standard InChI is InChI=1S/C15H25N3O2/c1-13(12-19-3)18-15(16-2)17-10-7-11-20-14-8-5-4-6-9-14/h4-6,8-9,13H,7,10-12H2,1-3H3,(H2,16,17,18). The van der Waals surface area contributed by atoms with Gasteiger partial charge in [0.05, 0.1) is 13.2 Å². The predicted octanol–water partition coefficient (Wildman–Crippen LogP) is 1.66. The number of nitrogens with zero attached hydrogens (tertiary/aromatic N) is 1. The van der Waals surface area contributed by atoms with Crippen LogP contribution in [0.2, 0.25) is 0 Å². The Bertz CT molecular complexity index is 382. The summed E-state index contributed by atoms with van der Waals surface area (Å²) in [5.74, 6) is 1.69. The molecule has 5 nitrogen and oxygen atoms in total. The molecule has 0 saturated carbocycles. The molecule has 20 heavy (non-hydrogen) atoms. The quantitative estimate of drug-likeness (QED) is 0.432. The van der Waals surface area contributed by atoms with Crippen LogP contribution in [0.25, 0.3) is 0 Å². The van der Waals surface area contributed by atoms with E-state index in [2.05, 4.69) is 22.5 Å². The molecule has 0 amide bonds. The lowest BCUT2D eigenvalue weighted by Gasteiger charge is -2.17. The Morgan fingerprint density at radius 3 is 2.70 bits per heavy atom. The van der Waals surface area contributed by atoms with Crippen LogP contribution in [0.3, 0.4) is 0 Å². The van der Waals surface area contributed by atoms with Gasteiger partial charge in [-0.15, -0.1) is 0 Å². The van der Waals surface area contributed by atoms with E-state index in [9.17, 15) is 0 Å².